The van der Waals surface area contributed by atoms with Crippen molar-refractivity contribution in [3.63, 3.8) is 0 Å². The normalized spacial score (nSPS) is 11.3. The number of hydrogen-bond acceptors (Lipinski definition) is 2. The third kappa shape index (κ3) is 4.65. The van der Waals surface area contributed by atoms with Crippen molar-refractivity contribution in [2.75, 3.05) is 11.6 Å². The van der Waals surface area contributed by atoms with Crippen LogP contribution >= 0.6 is 23.4 Å². The standard InChI is InChI=1S/C16H13ClF3NOS/c1-23-9-10-2-4-11(5-3-10)15(22)21-14-7-6-12(17)8-13(14)16(18,19)20/h2-8H,9H2,1H3,(H,21,22). The summed E-state index contributed by atoms with van der Waals surface area (Å²) in [5, 5.41) is 2.24. The highest BCUT2D eigenvalue weighted by atomic mass is 35.5. The Bertz CT molecular complexity index is 701. The SMILES string of the molecule is CSCc1ccc(C(=O)Nc2ccc(Cl)cc2C(F)(F)F)cc1. The first kappa shape index (κ1) is 17.7. The molecule has 0 fully saturated rings. The van der Waals surface area contributed by atoms with Gasteiger partial charge < -0.3 is 5.32 Å². The predicted molar refractivity (Wildman–Crippen MR) is 88.1 cm³/mol. The second-order valence-corrected chi connectivity index (χ2v) is 6.07. The molecule has 0 spiro atoms. The van der Waals surface area contributed by atoms with Crippen LogP contribution in [0.3, 0.4) is 0 Å². The van der Waals surface area contributed by atoms with Crippen LogP contribution in [0.2, 0.25) is 5.02 Å². The monoisotopic (exact) mass is 359 g/mol. The Morgan fingerprint density at radius 3 is 2.39 bits per heavy atom. The Morgan fingerprint density at radius 1 is 1.17 bits per heavy atom. The molecule has 0 radical (unpaired) electrons. The molecular formula is C16H13ClF3NOS. The van der Waals surface area contributed by atoms with Crippen molar-refractivity contribution in [1.82, 2.24) is 0 Å². The van der Waals surface area contributed by atoms with Gasteiger partial charge in [-0.3, -0.25) is 4.79 Å². The summed E-state index contributed by atoms with van der Waals surface area (Å²) in [4.78, 5) is 12.1. The largest absolute Gasteiger partial charge is 0.418 e. The minimum atomic E-state index is -4.60. The van der Waals surface area contributed by atoms with Gasteiger partial charge >= 0.3 is 6.18 Å². The van der Waals surface area contributed by atoms with Crippen LogP contribution in [0.15, 0.2) is 42.5 Å². The number of carbonyl (C=O) groups is 1. The number of nitrogens with one attached hydrogen (secondary N) is 1. The van der Waals surface area contributed by atoms with Crippen LogP contribution in [0.1, 0.15) is 21.5 Å². The predicted octanol–water partition coefficient (Wildman–Crippen LogP) is 5.47. The fourth-order valence-corrected chi connectivity index (χ4v) is 2.67. The molecule has 0 bridgehead atoms. The van der Waals surface area contributed by atoms with Crippen LogP contribution in [0.5, 0.6) is 0 Å². The third-order valence-electron chi connectivity index (χ3n) is 3.06. The molecule has 2 nitrogen and oxygen atoms in total. The third-order valence-corrected chi connectivity index (χ3v) is 3.92. The number of rotatable bonds is 4. The second-order valence-electron chi connectivity index (χ2n) is 4.77. The summed E-state index contributed by atoms with van der Waals surface area (Å²) in [7, 11) is 0. The molecule has 0 saturated heterocycles. The van der Waals surface area contributed by atoms with Gasteiger partial charge in [0.15, 0.2) is 0 Å². The number of anilines is 1. The first-order chi connectivity index (χ1) is 10.8. The number of amides is 1. The van der Waals surface area contributed by atoms with Gasteiger partial charge in [-0.25, -0.2) is 0 Å². The van der Waals surface area contributed by atoms with Gasteiger partial charge in [-0.15, -0.1) is 0 Å². The molecule has 0 atom stereocenters. The van der Waals surface area contributed by atoms with E-state index in [2.05, 4.69) is 5.32 Å². The highest BCUT2D eigenvalue weighted by Gasteiger charge is 2.34. The molecular weight excluding hydrogens is 347 g/mol. The van der Waals surface area contributed by atoms with Gasteiger partial charge in [0.2, 0.25) is 0 Å². The first-order valence-electron chi connectivity index (χ1n) is 6.57. The van der Waals surface area contributed by atoms with Crippen LogP contribution in [0.25, 0.3) is 0 Å². The van der Waals surface area contributed by atoms with Crippen molar-refractivity contribution in [2.45, 2.75) is 11.9 Å². The number of hydrogen-bond donors (Lipinski definition) is 1. The van der Waals surface area contributed by atoms with E-state index in [9.17, 15) is 18.0 Å². The molecule has 23 heavy (non-hydrogen) atoms. The van der Waals surface area contributed by atoms with E-state index in [1.807, 2.05) is 6.26 Å². The smallest absolute Gasteiger partial charge is 0.321 e. The van der Waals surface area contributed by atoms with E-state index >= 15 is 0 Å². The van der Waals surface area contributed by atoms with Crippen molar-refractivity contribution in [3.8, 4) is 0 Å². The van der Waals surface area contributed by atoms with Crippen LogP contribution < -0.4 is 5.32 Å². The molecule has 0 aliphatic heterocycles. The zero-order chi connectivity index (χ0) is 17.0. The summed E-state index contributed by atoms with van der Waals surface area (Å²) in [6.07, 6.45) is -2.64. The van der Waals surface area contributed by atoms with E-state index in [0.717, 1.165) is 23.4 Å². The summed E-state index contributed by atoms with van der Waals surface area (Å²) in [6.45, 7) is 0. The minimum absolute atomic E-state index is 0.0447. The molecule has 0 aromatic heterocycles. The average molecular weight is 360 g/mol. The topological polar surface area (TPSA) is 29.1 Å². The van der Waals surface area contributed by atoms with E-state index in [4.69, 9.17) is 11.6 Å². The van der Waals surface area contributed by atoms with E-state index in [1.165, 1.54) is 6.07 Å². The maximum absolute atomic E-state index is 13.0. The average Bonchev–Trinajstić information content (AvgIpc) is 2.49. The van der Waals surface area contributed by atoms with E-state index < -0.39 is 17.6 Å². The number of carbonyl (C=O) groups excluding carboxylic acids is 1. The Hall–Kier alpha value is -1.66. The Balaban J connectivity index is 2.23. The van der Waals surface area contributed by atoms with E-state index in [-0.39, 0.29) is 16.3 Å². The molecule has 0 aliphatic rings. The van der Waals surface area contributed by atoms with Gasteiger partial charge in [-0.1, -0.05) is 23.7 Å². The first-order valence-corrected chi connectivity index (χ1v) is 8.34. The van der Waals surface area contributed by atoms with Crippen molar-refractivity contribution >= 4 is 35.0 Å². The molecule has 0 heterocycles. The molecule has 1 amide bonds. The number of halogens is 4. The molecule has 0 saturated carbocycles. The van der Waals surface area contributed by atoms with Crippen molar-refractivity contribution in [3.05, 3.63) is 64.2 Å². The van der Waals surface area contributed by atoms with Crippen LogP contribution in [-0.4, -0.2) is 12.2 Å². The minimum Gasteiger partial charge on any atom is -0.321 e. The number of benzene rings is 2. The van der Waals surface area contributed by atoms with Gasteiger partial charge in [0, 0.05) is 16.3 Å². The number of thioether (sulfide) groups is 1. The summed E-state index contributed by atoms with van der Waals surface area (Å²) < 4.78 is 39.0. The number of alkyl halides is 3. The maximum atomic E-state index is 13.0. The molecule has 7 heteroatoms. The quantitative estimate of drug-likeness (QED) is 0.783. The lowest BCUT2D eigenvalue weighted by Gasteiger charge is -2.14. The molecule has 1 N–H and O–H groups in total. The van der Waals surface area contributed by atoms with Gasteiger partial charge in [0.05, 0.1) is 11.3 Å². The molecule has 2 aromatic rings. The van der Waals surface area contributed by atoms with Gasteiger partial charge in [-0.2, -0.15) is 24.9 Å². The fraction of sp³-hybridized carbons (Fsp3) is 0.188. The highest BCUT2D eigenvalue weighted by Crippen LogP contribution is 2.36. The van der Waals surface area contributed by atoms with Crippen LogP contribution in [0, 0.1) is 0 Å². The molecule has 122 valence electrons. The van der Waals surface area contributed by atoms with E-state index in [1.54, 1.807) is 36.0 Å². The van der Waals surface area contributed by atoms with Crippen molar-refractivity contribution in [1.29, 1.82) is 0 Å². The van der Waals surface area contributed by atoms with Crippen molar-refractivity contribution in [2.24, 2.45) is 0 Å². The Morgan fingerprint density at radius 2 is 1.83 bits per heavy atom. The molecule has 0 unspecified atom stereocenters. The lowest BCUT2D eigenvalue weighted by atomic mass is 10.1. The zero-order valence-corrected chi connectivity index (χ0v) is 13.6. The fourth-order valence-electron chi connectivity index (χ4n) is 1.97. The highest BCUT2D eigenvalue weighted by molar-refractivity contribution is 7.97. The summed E-state index contributed by atoms with van der Waals surface area (Å²) in [5.41, 5.74) is 0.0342. The summed E-state index contributed by atoms with van der Waals surface area (Å²) in [6, 6.07) is 9.96. The summed E-state index contributed by atoms with van der Waals surface area (Å²) in [5.74, 6) is 0.200. The summed E-state index contributed by atoms with van der Waals surface area (Å²) >= 11 is 7.25. The van der Waals surface area contributed by atoms with Gasteiger partial charge in [0.25, 0.3) is 5.91 Å². The Labute approximate surface area is 141 Å². The van der Waals surface area contributed by atoms with Crippen LogP contribution in [-0.2, 0) is 11.9 Å². The second kappa shape index (κ2) is 7.27. The molecule has 2 aromatic carbocycles. The van der Waals surface area contributed by atoms with Crippen LogP contribution in [0.4, 0.5) is 18.9 Å². The van der Waals surface area contributed by atoms with E-state index in [0.29, 0.717) is 0 Å². The van der Waals surface area contributed by atoms with Gasteiger partial charge in [0.1, 0.15) is 0 Å². The Kier molecular flexibility index (Phi) is 5.59. The molecule has 2 rings (SSSR count). The maximum Gasteiger partial charge on any atom is 0.418 e. The molecule has 0 aliphatic carbocycles. The lowest BCUT2D eigenvalue weighted by molar-refractivity contribution is -0.136. The zero-order valence-electron chi connectivity index (χ0n) is 12.1. The van der Waals surface area contributed by atoms with Crippen molar-refractivity contribution < 1.29 is 18.0 Å². The van der Waals surface area contributed by atoms with Gasteiger partial charge in [-0.05, 0) is 42.2 Å². The lowest BCUT2D eigenvalue weighted by Crippen LogP contribution is -2.16.